The summed E-state index contributed by atoms with van der Waals surface area (Å²) in [6.45, 7) is 7.13. The van der Waals surface area contributed by atoms with Gasteiger partial charge in [-0.2, -0.15) is 5.10 Å². The fraction of sp³-hybridized carbons (Fsp3) is 0.259. The summed E-state index contributed by atoms with van der Waals surface area (Å²) in [6, 6.07) is 11.7. The van der Waals surface area contributed by atoms with E-state index in [1.165, 1.54) is 0 Å². The molecule has 4 rings (SSSR count). The second-order valence-electron chi connectivity index (χ2n) is 8.50. The lowest BCUT2D eigenvalue weighted by atomic mass is 9.96. The van der Waals surface area contributed by atoms with Crippen molar-refractivity contribution in [3.63, 3.8) is 0 Å². The summed E-state index contributed by atoms with van der Waals surface area (Å²) >= 11 is 0. The van der Waals surface area contributed by atoms with Gasteiger partial charge < -0.3 is 15.8 Å². The minimum atomic E-state index is -0.238. The molecule has 0 fully saturated rings. The molecule has 35 heavy (non-hydrogen) atoms. The minimum absolute atomic E-state index is 0.186. The topological polar surface area (TPSA) is 112 Å². The first-order valence-corrected chi connectivity index (χ1v) is 11.5. The van der Waals surface area contributed by atoms with Crippen molar-refractivity contribution in [3.8, 4) is 0 Å². The third kappa shape index (κ3) is 5.48. The molecule has 4 aromatic rings. The number of nitrogens with zero attached hydrogens (tertiary/aromatic N) is 3. The van der Waals surface area contributed by atoms with Crippen molar-refractivity contribution >= 4 is 28.5 Å². The smallest absolute Gasteiger partial charge is 0.310 e. The van der Waals surface area contributed by atoms with Gasteiger partial charge in [0.1, 0.15) is 5.82 Å². The number of ether oxygens (including phenoxy) is 1. The standard InChI is InChI=1S/C27H29N5O3/c1-4-35-25(33)12-19-5-7-20(8-6-19)15-32-16-21(13-31-32)27(34)30-14-24-17(2)11-23-22(18(24)3)9-10-29-26(23)28/h5-11,13,16H,4,12,14-15H2,1-3H3,(H2,28,29)(H,30,34). The molecular weight excluding hydrogens is 442 g/mol. The van der Waals surface area contributed by atoms with E-state index in [-0.39, 0.29) is 18.3 Å². The van der Waals surface area contributed by atoms with Crippen LogP contribution in [-0.2, 0) is 29.0 Å². The number of carbonyl (C=O) groups is 2. The number of nitrogen functional groups attached to an aromatic ring is 1. The van der Waals surface area contributed by atoms with Crippen LogP contribution in [0.5, 0.6) is 0 Å². The Morgan fingerprint density at radius 1 is 1.09 bits per heavy atom. The van der Waals surface area contributed by atoms with Crippen molar-refractivity contribution in [2.24, 2.45) is 0 Å². The maximum atomic E-state index is 12.8. The van der Waals surface area contributed by atoms with E-state index in [9.17, 15) is 9.59 Å². The lowest BCUT2D eigenvalue weighted by Crippen LogP contribution is -2.23. The van der Waals surface area contributed by atoms with Crippen molar-refractivity contribution in [1.82, 2.24) is 20.1 Å². The van der Waals surface area contributed by atoms with Crippen LogP contribution in [0.3, 0.4) is 0 Å². The van der Waals surface area contributed by atoms with Crippen LogP contribution in [0.1, 0.15) is 45.1 Å². The third-order valence-corrected chi connectivity index (χ3v) is 6.06. The van der Waals surface area contributed by atoms with Crippen molar-refractivity contribution in [3.05, 3.63) is 88.4 Å². The van der Waals surface area contributed by atoms with Crippen molar-refractivity contribution in [1.29, 1.82) is 0 Å². The Morgan fingerprint density at radius 3 is 2.57 bits per heavy atom. The molecule has 2 aromatic heterocycles. The number of fused-ring (bicyclic) bond motifs is 1. The highest BCUT2D eigenvalue weighted by molar-refractivity contribution is 5.95. The number of carbonyl (C=O) groups excluding carboxylic acids is 2. The second-order valence-corrected chi connectivity index (χ2v) is 8.50. The van der Waals surface area contributed by atoms with E-state index in [4.69, 9.17) is 10.5 Å². The maximum Gasteiger partial charge on any atom is 0.310 e. The normalized spacial score (nSPS) is 10.9. The van der Waals surface area contributed by atoms with Gasteiger partial charge in [0.25, 0.3) is 5.91 Å². The van der Waals surface area contributed by atoms with Gasteiger partial charge in [-0.25, -0.2) is 4.98 Å². The summed E-state index contributed by atoms with van der Waals surface area (Å²) in [7, 11) is 0. The van der Waals surface area contributed by atoms with Crippen LogP contribution in [0.25, 0.3) is 10.8 Å². The molecule has 3 N–H and O–H groups in total. The molecule has 0 radical (unpaired) electrons. The Balaban J connectivity index is 1.39. The van der Waals surface area contributed by atoms with E-state index in [0.717, 1.165) is 38.6 Å². The number of pyridine rings is 1. The number of hydrogen-bond donors (Lipinski definition) is 2. The van der Waals surface area contributed by atoms with Gasteiger partial charge >= 0.3 is 5.97 Å². The van der Waals surface area contributed by atoms with E-state index in [1.54, 1.807) is 30.2 Å². The quantitative estimate of drug-likeness (QED) is 0.379. The molecule has 0 aliphatic heterocycles. The van der Waals surface area contributed by atoms with Gasteiger partial charge in [0.2, 0.25) is 0 Å². The molecule has 0 unspecified atom stereocenters. The summed E-state index contributed by atoms with van der Waals surface area (Å²) in [5.41, 5.74) is 11.6. The number of nitrogens with two attached hydrogens (primary N) is 1. The van der Waals surface area contributed by atoms with Crippen LogP contribution in [0.2, 0.25) is 0 Å². The number of rotatable bonds is 8. The molecule has 8 heteroatoms. The number of nitrogens with one attached hydrogen (secondary N) is 1. The molecule has 0 saturated heterocycles. The number of aromatic nitrogens is 3. The van der Waals surface area contributed by atoms with Crippen LogP contribution < -0.4 is 11.1 Å². The fourth-order valence-electron chi connectivity index (χ4n) is 4.17. The van der Waals surface area contributed by atoms with Gasteiger partial charge in [0.05, 0.1) is 31.3 Å². The van der Waals surface area contributed by atoms with E-state index in [0.29, 0.717) is 31.1 Å². The highest BCUT2D eigenvalue weighted by Gasteiger charge is 2.13. The Labute approximate surface area is 204 Å². The van der Waals surface area contributed by atoms with E-state index in [2.05, 4.69) is 15.4 Å². The van der Waals surface area contributed by atoms with Gasteiger partial charge in [-0.15, -0.1) is 0 Å². The van der Waals surface area contributed by atoms with Gasteiger partial charge in [-0.05, 0) is 66.1 Å². The molecular formula is C27H29N5O3. The van der Waals surface area contributed by atoms with Crippen LogP contribution in [-0.4, -0.2) is 33.2 Å². The first-order chi connectivity index (χ1) is 16.9. The Kier molecular flexibility index (Phi) is 7.10. The average molecular weight is 472 g/mol. The summed E-state index contributed by atoms with van der Waals surface area (Å²) < 4.78 is 6.70. The number of benzene rings is 2. The van der Waals surface area contributed by atoms with E-state index in [1.807, 2.05) is 50.2 Å². The summed E-state index contributed by atoms with van der Waals surface area (Å²) in [5, 5.41) is 9.30. The molecule has 0 bridgehead atoms. The molecule has 0 spiro atoms. The van der Waals surface area contributed by atoms with Gasteiger partial charge in [-0.3, -0.25) is 14.3 Å². The molecule has 1 amide bonds. The predicted molar refractivity (Wildman–Crippen MR) is 135 cm³/mol. The number of anilines is 1. The molecule has 0 aliphatic rings. The van der Waals surface area contributed by atoms with E-state index < -0.39 is 0 Å². The number of aryl methyl sites for hydroxylation is 2. The first-order valence-electron chi connectivity index (χ1n) is 11.5. The zero-order chi connectivity index (χ0) is 24.9. The first kappa shape index (κ1) is 23.9. The summed E-state index contributed by atoms with van der Waals surface area (Å²) in [4.78, 5) is 28.6. The van der Waals surface area contributed by atoms with Crippen LogP contribution >= 0.6 is 0 Å². The number of esters is 1. The zero-order valence-electron chi connectivity index (χ0n) is 20.2. The molecule has 2 aromatic carbocycles. The van der Waals surface area contributed by atoms with E-state index >= 15 is 0 Å². The molecule has 2 heterocycles. The molecule has 0 aliphatic carbocycles. The summed E-state index contributed by atoms with van der Waals surface area (Å²) in [5.74, 6) is 0.0812. The van der Waals surface area contributed by atoms with Crippen LogP contribution in [0, 0.1) is 13.8 Å². The lowest BCUT2D eigenvalue weighted by molar-refractivity contribution is -0.142. The SMILES string of the molecule is CCOC(=O)Cc1ccc(Cn2cc(C(=O)NCc3c(C)cc4c(N)nccc4c3C)cn2)cc1. The molecule has 0 atom stereocenters. The minimum Gasteiger partial charge on any atom is -0.466 e. The largest absolute Gasteiger partial charge is 0.466 e. The average Bonchev–Trinajstić information content (AvgIpc) is 3.30. The van der Waals surface area contributed by atoms with Crippen LogP contribution in [0.4, 0.5) is 5.82 Å². The Morgan fingerprint density at radius 2 is 1.83 bits per heavy atom. The van der Waals surface area contributed by atoms with Crippen molar-refractivity contribution in [2.75, 3.05) is 12.3 Å². The van der Waals surface area contributed by atoms with Crippen molar-refractivity contribution < 1.29 is 14.3 Å². The fourth-order valence-corrected chi connectivity index (χ4v) is 4.17. The maximum absolute atomic E-state index is 12.8. The molecule has 180 valence electrons. The third-order valence-electron chi connectivity index (χ3n) is 6.06. The number of hydrogen-bond acceptors (Lipinski definition) is 6. The van der Waals surface area contributed by atoms with Gasteiger partial charge in [0, 0.05) is 24.3 Å². The summed E-state index contributed by atoms with van der Waals surface area (Å²) in [6.07, 6.45) is 5.25. The Hall–Kier alpha value is -4.20. The highest BCUT2D eigenvalue weighted by Crippen LogP contribution is 2.27. The monoisotopic (exact) mass is 471 g/mol. The van der Waals surface area contributed by atoms with Crippen molar-refractivity contribution in [2.45, 2.75) is 40.3 Å². The second kappa shape index (κ2) is 10.4. The Bertz CT molecular complexity index is 1380. The van der Waals surface area contributed by atoms with Gasteiger partial charge in [-0.1, -0.05) is 24.3 Å². The molecule has 0 saturated carbocycles. The predicted octanol–water partition coefficient (Wildman–Crippen LogP) is 3.71. The highest BCUT2D eigenvalue weighted by atomic mass is 16.5. The zero-order valence-corrected chi connectivity index (χ0v) is 20.2. The van der Waals surface area contributed by atoms with Crippen LogP contribution in [0.15, 0.2) is 55.0 Å². The lowest BCUT2D eigenvalue weighted by Gasteiger charge is -2.14. The van der Waals surface area contributed by atoms with Gasteiger partial charge in [0.15, 0.2) is 0 Å². The molecule has 8 nitrogen and oxygen atoms in total. The number of amides is 1.